The lowest BCUT2D eigenvalue weighted by molar-refractivity contribution is 0.392. The first-order chi connectivity index (χ1) is 9.95. The second-order valence-corrected chi connectivity index (χ2v) is 7.35. The van der Waals surface area contributed by atoms with E-state index in [-0.39, 0.29) is 6.54 Å². The van der Waals surface area contributed by atoms with Gasteiger partial charge in [0.25, 0.3) is 0 Å². The minimum atomic E-state index is -3.54. The maximum absolute atomic E-state index is 12.4. The van der Waals surface area contributed by atoms with Gasteiger partial charge in [-0.15, -0.1) is 11.3 Å². The van der Waals surface area contributed by atoms with Crippen LogP contribution in [0.4, 0.5) is 0 Å². The van der Waals surface area contributed by atoms with Gasteiger partial charge in [0, 0.05) is 23.5 Å². The van der Waals surface area contributed by atoms with Crippen LogP contribution in [0.1, 0.15) is 28.8 Å². The van der Waals surface area contributed by atoms with Crippen molar-refractivity contribution in [3.05, 3.63) is 33.3 Å². The van der Waals surface area contributed by atoms with E-state index in [9.17, 15) is 8.42 Å². The van der Waals surface area contributed by atoms with E-state index >= 15 is 0 Å². The molecule has 0 saturated carbocycles. The Morgan fingerprint density at radius 2 is 2.10 bits per heavy atom. The molecule has 2 rings (SSSR count). The lowest BCUT2D eigenvalue weighted by Crippen LogP contribution is -2.25. The third-order valence-corrected chi connectivity index (χ3v) is 5.69. The van der Waals surface area contributed by atoms with Gasteiger partial charge in [0.1, 0.15) is 5.76 Å². The third kappa shape index (κ3) is 3.70. The average Bonchev–Trinajstić information content (AvgIpc) is 3.03. The molecule has 0 unspecified atom stereocenters. The first-order valence-corrected chi connectivity index (χ1v) is 9.00. The minimum absolute atomic E-state index is 0.181. The summed E-state index contributed by atoms with van der Waals surface area (Å²) in [7, 11) is -3.54. The van der Waals surface area contributed by atoms with E-state index in [0.717, 1.165) is 17.0 Å². The van der Waals surface area contributed by atoms with E-state index in [1.165, 1.54) is 11.3 Å². The van der Waals surface area contributed by atoms with Gasteiger partial charge < -0.3 is 9.84 Å². The fourth-order valence-corrected chi connectivity index (χ4v) is 4.34. The number of sulfonamides is 1. The molecular formula is C13H19N3O3S2. The average molecular weight is 329 g/mol. The van der Waals surface area contributed by atoms with Crippen molar-refractivity contribution in [2.75, 3.05) is 6.54 Å². The van der Waals surface area contributed by atoms with E-state index in [0.29, 0.717) is 22.9 Å². The van der Waals surface area contributed by atoms with Crippen molar-refractivity contribution in [1.29, 1.82) is 0 Å². The van der Waals surface area contributed by atoms with Gasteiger partial charge in [-0.2, -0.15) is 0 Å². The molecule has 0 fully saturated rings. The summed E-state index contributed by atoms with van der Waals surface area (Å²) in [4.78, 5) is 1.14. The van der Waals surface area contributed by atoms with Crippen molar-refractivity contribution in [3.63, 3.8) is 0 Å². The van der Waals surface area contributed by atoms with E-state index < -0.39 is 10.0 Å². The fourth-order valence-electron chi connectivity index (χ4n) is 1.93. The van der Waals surface area contributed by atoms with Crippen LogP contribution in [-0.2, 0) is 23.1 Å². The van der Waals surface area contributed by atoms with Crippen molar-refractivity contribution < 1.29 is 12.9 Å². The van der Waals surface area contributed by atoms with Crippen LogP contribution in [0.5, 0.6) is 0 Å². The number of aryl methyl sites for hydroxylation is 2. The molecule has 6 nitrogen and oxygen atoms in total. The zero-order chi connectivity index (χ0) is 15.5. The number of rotatable bonds is 7. The van der Waals surface area contributed by atoms with Crippen LogP contribution in [0.25, 0.3) is 0 Å². The van der Waals surface area contributed by atoms with Crippen LogP contribution in [0.15, 0.2) is 20.9 Å². The quantitative estimate of drug-likeness (QED) is 0.811. The van der Waals surface area contributed by atoms with E-state index in [2.05, 4.69) is 15.2 Å². The first kappa shape index (κ1) is 16.2. The monoisotopic (exact) mass is 329 g/mol. The smallest absolute Gasteiger partial charge is 0.242 e. The topological polar surface area (TPSA) is 84.2 Å². The molecule has 2 heterocycles. The third-order valence-electron chi connectivity index (χ3n) is 3.15. The largest absolute Gasteiger partial charge is 0.361 e. The molecule has 0 aliphatic rings. The van der Waals surface area contributed by atoms with Crippen LogP contribution >= 0.6 is 11.3 Å². The zero-order valence-electron chi connectivity index (χ0n) is 12.3. The second-order valence-electron chi connectivity index (χ2n) is 4.62. The van der Waals surface area contributed by atoms with Crippen molar-refractivity contribution in [1.82, 2.24) is 15.2 Å². The fraction of sp³-hybridized carbons (Fsp3) is 0.462. The molecule has 0 radical (unpaired) electrons. The molecule has 0 saturated heterocycles. The number of hydrogen-bond acceptors (Lipinski definition) is 6. The van der Waals surface area contributed by atoms with Crippen LogP contribution in [0, 0.1) is 13.8 Å². The Balaban J connectivity index is 2.14. The molecule has 0 aromatic carbocycles. The normalized spacial score (nSPS) is 12.0. The Labute approximate surface area is 128 Å². The van der Waals surface area contributed by atoms with E-state index in [4.69, 9.17) is 4.52 Å². The van der Waals surface area contributed by atoms with Crippen molar-refractivity contribution in [3.8, 4) is 0 Å². The summed E-state index contributed by atoms with van der Waals surface area (Å²) >= 11 is 1.43. The minimum Gasteiger partial charge on any atom is -0.361 e. The highest BCUT2D eigenvalue weighted by Crippen LogP contribution is 2.22. The van der Waals surface area contributed by atoms with Crippen molar-refractivity contribution in [2.45, 2.75) is 38.8 Å². The van der Waals surface area contributed by atoms with Gasteiger partial charge in [-0.3, -0.25) is 0 Å². The van der Waals surface area contributed by atoms with Gasteiger partial charge >= 0.3 is 0 Å². The lowest BCUT2D eigenvalue weighted by atomic mass is 10.2. The van der Waals surface area contributed by atoms with E-state index in [1.54, 1.807) is 25.3 Å². The summed E-state index contributed by atoms with van der Waals surface area (Å²) in [5, 5.41) is 8.75. The maximum atomic E-state index is 12.4. The Kier molecular flexibility index (Phi) is 5.15. The van der Waals surface area contributed by atoms with E-state index in [1.807, 2.05) is 6.92 Å². The summed E-state index contributed by atoms with van der Waals surface area (Å²) < 4.78 is 32.5. The Morgan fingerprint density at radius 3 is 2.71 bits per heavy atom. The zero-order valence-corrected chi connectivity index (χ0v) is 13.9. The summed E-state index contributed by atoms with van der Waals surface area (Å²) in [6, 6.07) is 1.63. The molecule has 116 valence electrons. The van der Waals surface area contributed by atoms with Gasteiger partial charge in [-0.25, -0.2) is 13.1 Å². The molecule has 0 amide bonds. The number of aromatic nitrogens is 1. The van der Waals surface area contributed by atoms with Gasteiger partial charge in [-0.1, -0.05) is 12.1 Å². The Morgan fingerprint density at radius 1 is 1.33 bits per heavy atom. The maximum Gasteiger partial charge on any atom is 0.242 e. The Hall–Kier alpha value is -1.22. The highest BCUT2D eigenvalue weighted by molar-refractivity contribution is 7.89. The van der Waals surface area contributed by atoms with Gasteiger partial charge in [0.2, 0.25) is 10.0 Å². The standard InChI is InChI=1S/C13H19N3O3S2/c1-4-14-8-12-13(5-6-20-12)21(17,18)15-7-11-9(2)16-19-10(11)3/h5-6,14-15H,4,7-8H2,1-3H3. The molecule has 8 heteroatoms. The predicted molar refractivity (Wildman–Crippen MR) is 81.7 cm³/mol. The summed E-state index contributed by atoms with van der Waals surface area (Å²) in [5.41, 5.74) is 1.48. The molecule has 0 aliphatic heterocycles. The number of nitrogens with zero attached hydrogens (tertiary/aromatic N) is 1. The van der Waals surface area contributed by atoms with Gasteiger partial charge in [-0.05, 0) is 31.8 Å². The second kappa shape index (κ2) is 6.69. The van der Waals surface area contributed by atoms with Gasteiger partial charge in [0.05, 0.1) is 10.6 Å². The molecule has 0 atom stereocenters. The predicted octanol–water partition coefficient (Wildman–Crippen LogP) is 1.94. The van der Waals surface area contributed by atoms with Crippen molar-refractivity contribution >= 4 is 21.4 Å². The Bertz CT molecular complexity index is 685. The molecule has 2 aromatic heterocycles. The van der Waals surface area contributed by atoms with Crippen LogP contribution in [-0.4, -0.2) is 20.1 Å². The molecule has 0 aliphatic carbocycles. The highest BCUT2D eigenvalue weighted by atomic mass is 32.2. The highest BCUT2D eigenvalue weighted by Gasteiger charge is 2.20. The van der Waals surface area contributed by atoms with Crippen molar-refractivity contribution in [2.24, 2.45) is 0 Å². The summed E-state index contributed by atoms with van der Waals surface area (Å²) in [6.45, 7) is 7.07. The number of nitrogens with one attached hydrogen (secondary N) is 2. The molecule has 0 spiro atoms. The molecule has 2 aromatic rings. The van der Waals surface area contributed by atoms with Crippen LogP contribution < -0.4 is 10.0 Å². The molecule has 0 bridgehead atoms. The molecule has 21 heavy (non-hydrogen) atoms. The number of thiophene rings is 1. The molecule has 2 N–H and O–H groups in total. The summed E-state index contributed by atoms with van der Waals surface area (Å²) in [5.74, 6) is 0.633. The summed E-state index contributed by atoms with van der Waals surface area (Å²) in [6.07, 6.45) is 0. The number of hydrogen-bond donors (Lipinski definition) is 2. The van der Waals surface area contributed by atoms with Gasteiger partial charge in [0.15, 0.2) is 0 Å². The molecular weight excluding hydrogens is 310 g/mol. The van der Waals surface area contributed by atoms with Crippen LogP contribution in [0.2, 0.25) is 0 Å². The van der Waals surface area contributed by atoms with Crippen LogP contribution in [0.3, 0.4) is 0 Å². The SMILES string of the molecule is CCNCc1sccc1S(=O)(=O)NCc1c(C)noc1C. The first-order valence-electron chi connectivity index (χ1n) is 6.64. The lowest BCUT2D eigenvalue weighted by Gasteiger charge is -2.08.